The van der Waals surface area contributed by atoms with Crippen LogP contribution in [0, 0.1) is 0 Å². The highest BCUT2D eigenvalue weighted by molar-refractivity contribution is 5.84. The highest BCUT2D eigenvalue weighted by Gasteiger charge is 2.30. The van der Waals surface area contributed by atoms with Crippen molar-refractivity contribution in [3.63, 3.8) is 0 Å². The van der Waals surface area contributed by atoms with E-state index in [0.717, 1.165) is 25.9 Å². The van der Waals surface area contributed by atoms with Crippen molar-refractivity contribution in [1.82, 2.24) is 5.32 Å². The van der Waals surface area contributed by atoms with E-state index in [1.54, 1.807) is 0 Å². The molecule has 1 amide bonds. The summed E-state index contributed by atoms with van der Waals surface area (Å²) in [5.41, 5.74) is 4.76. The highest BCUT2D eigenvalue weighted by atomic mass is 16.5. The zero-order valence-electron chi connectivity index (χ0n) is 12.8. The zero-order valence-corrected chi connectivity index (χ0v) is 12.8. The molecule has 0 saturated heterocycles. The van der Waals surface area contributed by atoms with Gasteiger partial charge >= 0.3 is 0 Å². The van der Waals surface area contributed by atoms with Crippen LogP contribution >= 0.6 is 0 Å². The first kappa shape index (κ1) is 17.4. The van der Waals surface area contributed by atoms with E-state index in [1.807, 2.05) is 41.5 Å². The van der Waals surface area contributed by atoms with Gasteiger partial charge in [-0.3, -0.25) is 4.79 Å². The number of rotatable bonds is 8. The van der Waals surface area contributed by atoms with Crippen LogP contribution in [-0.4, -0.2) is 29.7 Å². The quantitative estimate of drug-likeness (QED) is 0.656. The second-order valence-corrected chi connectivity index (χ2v) is 6.41. The molecule has 4 heteroatoms. The first-order valence-corrected chi connectivity index (χ1v) is 6.78. The number of carbonyl (C=O) groups excluding carboxylic acids is 1. The van der Waals surface area contributed by atoms with Crippen LogP contribution in [0.4, 0.5) is 0 Å². The molecule has 0 fully saturated rings. The van der Waals surface area contributed by atoms with Crippen LogP contribution in [0.5, 0.6) is 0 Å². The fourth-order valence-electron chi connectivity index (χ4n) is 1.86. The Morgan fingerprint density at radius 3 is 2.17 bits per heavy atom. The van der Waals surface area contributed by atoms with Gasteiger partial charge in [0, 0.05) is 12.6 Å². The topological polar surface area (TPSA) is 64.3 Å². The van der Waals surface area contributed by atoms with E-state index in [0.29, 0.717) is 0 Å². The van der Waals surface area contributed by atoms with Crippen molar-refractivity contribution in [2.75, 3.05) is 6.61 Å². The van der Waals surface area contributed by atoms with Gasteiger partial charge in [0.2, 0.25) is 5.91 Å². The number of ether oxygens (including phenoxy) is 1. The maximum atomic E-state index is 11.5. The van der Waals surface area contributed by atoms with Crippen molar-refractivity contribution in [2.24, 2.45) is 5.73 Å². The summed E-state index contributed by atoms with van der Waals surface area (Å²) >= 11 is 0. The molecule has 1 unspecified atom stereocenters. The molecule has 108 valence electrons. The molecule has 4 nitrogen and oxygen atoms in total. The Morgan fingerprint density at radius 2 is 1.78 bits per heavy atom. The van der Waals surface area contributed by atoms with E-state index in [1.165, 1.54) is 0 Å². The lowest BCUT2D eigenvalue weighted by Gasteiger charge is -2.30. The first-order chi connectivity index (χ1) is 8.07. The van der Waals surface area contributed by atoms with Crippen LogP contribution in [0.2, 0.25) is 0 Å². The predicted octanol–water partition coefficient (Wildman–Crippen LogP) is 2.21. The third-order valence-corrected chi connectivity index (χ3v) is 2.76. The lowest BCUT2D eigenvalue weighted by Crippen LogP contribution is -2.55. The van der Waals surface area contributed by atoms with Crippen molar-refractivity contribution in [2.45, 2.75) is 78.0 Å². The van der Waals surface area contributed by atoms with Gasteiger partial charge in [0.15, 0.2) is 0 Å². The van der Waals surface area contributed by atoms with Crippen molar-refractivity contribution in [3.8, 4) is 0 Å². The fourth-order valence-corrected chi connectivity index (χ4v) is 1.86. The van der Waals surface area contributed by atoms with Crippen molar-refractivity contribution in [3.05, 3.63) is 0 Å². The standard InChI is InChI=1S/C14H30N2O2/c1-11(2)16-14(6,12(15)17)9-7-8-10-18-13(3,4)5/h11,16H,7-10H2,1-6H3,(H2,15,17). The van der Waals surface area contributed by atoms with E-state index in [-0.39, 0.29) is 17.6 Å². The molecule has 3 N–H and O–H groups in total. The number of primary amides is 1. The molecular formula is C14H30N2O2. The van der Waals surface area contributed by atoms with E-state index in [2.05, 4.69) is 5.32 Å². The fraction of sp³-hybridized carbons (Fsp3) is 0.929. The van der Waals surface area contributed by atoms with E-state index < -0.39 is 5.54 Å². The summed E-state index contributed by atoms with van der Waals surface area (Å²) in [5, 5.41) is 3.25. The molecule has 0 heterocycles. The van der Waals surface area contributed by atoms with E-state index in [4.69, 9.17) is 10.5 Å². The molecule has 0 aromatic carbocycles. The second-order valence-electron chi connectivity index (χ2n) is 6.41. The van der Waals surface area contributed by atoms with Gasteiger partial charge in [0.05, 0.1) is 11.1 Å². The third kappa shape index (κ3) is 7.67. The number of nitrogens with two attached hydrogens (primary N) is 1. The van der Waals surface area contributed by atoms with Crippen LogP contribution in [0.3, 0.4) is 0 Å². The van der Waals surface area contributed by atoms with Crippen LogP contribution in [0.1, 0.15) is 60.8 Å². The SMILES string of the molecule is CC(C)NC(C)(CCCCOC(C)(C)C)C(N)=O. The smallest absolute Gasteiger partial charge is 0.237 e. The number of nitrogens with one attached hydrogen (secondary N) is 1. The number of amides is 1. The van der Waals surface area contributed by atoms with Crippen LogP contribution in [0.15, 0.2) is 0 Å². The van der Waals surface area contributed by atoms with Crippen LogP contribution in [0.25, 0.3) is 0 Å². The summed E-state index contributed by atoms with van der Waals surface area (Å²) < 4.78 is 5.65. The monoisotopic (exact) mass is 258 g/mol. The van der Waals surface area contributed by atoms with Gasteiger partial charge in [-0.2, -0.15) is 0 Å². The minimum Gasteiger partial charge on any atom is -0.376 e. The molecule has 0 aliphatic rings. The van der Waals surface area contributed by atoms with Gasteiger partial charge in [-0.15, -0.1) is 0 Å². The molecule has 0 radical (unpaired) electrons. The first-order valence-electron chi connectivity index (χ1n) is 6.78. The largest absolute Gasteiger partial charge is 0.376 e. The highest BCUT2D eigenvalue weighted by Crippen LogP contribution is 2.16. The Balaban J connectivity index is 4.03. The summed E-state index contributed by atoms with van der Waals surface area (Å²) in [5.74, 6) is -0.284. The van der Waals surface area contributed by atoms with Crippen molar-refractivity contribution < 1.29 is 9.53 Å². The molecule has 0 rings (SSSR count). The Kier molecular flexibility index (Phi) is 6.86. The molecule has 18 heavy (non-hydrogen) atoms. The lowest BCUT2D eigenvalue weighted by molar-refractivity contribution is -0.124. The summed E-state index contributed by atoms with van der Waals surface area (Å²) in [6.45, 7) is 12.8. The Labute approximate surface area is 112 Å². The van der Waals surface area contributed by atoms with Gasteiger partial charge in [-0.1, -0.05) is 0 Å². The van der Waals surface area contributed by atoms with Gasteiger partial charge in [0.1, 0.15) is 0 Å². The third-order valence-electron chi connectivity index (χ3n) is 2.76. The van der Waals surface area contributed by atoms with Crippen LogP contribution < -0.4 is 11.1 Å². The van der Waals surface area contributed by atoms with E-state index in [9.17, 15) is 4.79 Å². The van der Waals surface area contributed by atoms with Gasteiger partial charge in [-0.05, 0) is 60.8 Å². The average Bonchev–Trinajstić information content (AvgIpc) is 2.13. The molecular weight excluding hydrogens is 228 g/mol. The molecule has 1 atom stereocenters. The molecule has 0 spiro atoms. The van der Waals surface area contributed by atoms with Gasteiger partial charge in [0.25, 0.3) is 0 Å². The van der Waals surface area contributed by atoms with Crippen molar-refractivity contribution in [1.29, 1.82) is 0 Å². The number of carbonyl (C=O) groups is 1. The maximum Gasteiger partial charge on any atom is 0.237 e. The van der Waals surface area contributed by atoms with E-state index >= 15 is 0 Å². The maximum absolute atomic E-state index is 11.5. The summed E-state index contributed by atoms with van der Waals surface area (Å²) in [6, 6.07) is 0.244. The second kappa shape index (κ2) is 7.10. The summed E-state index contributed by atoms with van der Waals surface area (Å²) in [6.07, 6.45) is 2.61. The summed E-state index contributed by atoms with van der Waals surface area (Å²) in [7, 11) is 0. The number of hydrogen-bond acceptors (Lipinski definition) is 3. The summed E-state index contributed by atoms with van der Waals surface area (Å²) in [4.78, 5) is 11.5. The minimum atomic E-state index is -0.615. The molecule has 0 saturated carbocycles. The molecule has 0 aliphatic carbocycles. The Bertz CT molecular complexity index is 259. The molecule has 0 bridgehead atoms. The van der Waals surface area contributed by atoms with Gasteiger partial charge < -0.3 is 15.8 Å². The van der Waals surface area contributed by atoms with Crippen LogP contribution in [-0.2, 0) is 9.53 Å². The molecule has 0 aromatic heterocycles. The normalized spacial score (nSPS) is 15.7. The molecule has 0 aromatic rings. The number of hydrogen-bond donors (Lipinski definition) is 2. The average molecular weight is 258 g/mol. The Hall–Kier alpha value is -0.610. The predicted molar refractivity (Wildman–Crippen MR) is 75.4 cm³/mol. The molecule has 0 aliphatic heterocycles. The number of unbranched alkanes of at least 4 members (excludes halogenated alkanes) is 1. The van der Waals surface area contributed by atoms with Gasteiger partial charge in [-0.25, -0.2) is 0 Å². The van der Waals surface area contributed by atoms with Crippen molar-refractivity contribution >= 4 is 5.91 Å². The minimum absolute atomic E-state index is 0.0941. The lowest BCUT2D eigenvalue weighted by atomic mass is 9.93. The zero-order chi connectivity index (χ0) is 14.4. The Morgan fingerprint density at radius 1 is 1.22 bits per heavy atom.